The fraction of sp³-hybridized carbons (Fsp3) is 0.0625. The second kappa shape index (κ2) is 5.92. The first-order chi connectivity index (χ1) is 10.2. The van der Waals surface area contributed by atoms with Gasteiger partial charge in [0.05, 0.1) is 9.86 Å². The number of alkyl halides is 1. The van der Waals surface area contributed by atoms with Crippen LogP contribution < -0.4 is 4.74 Å². The molecular weight excluding hydrogens is 398 g/mol. The van der Waals surface area contributed by atoms with Gasteiger partial charge in [-0.3, -0.25) is 0 Å². The molecule has 0 N–H and O–H groups in total. The number of hydrogen-bond donors (Lipinski definition) is 0. The Hall–Kier alpha value is -1.77. The molecule has 1 heterocycles. The highest BCUT2D eigenvalue weighted by atomic mass is 79.9. The summed E-state index contributed by atoms with van der Waals surface area (Å²) in [6.07, 6.45) is 0. The molecule has 0 aliphatic heterocycles. The first-order valence-corrected chi connectivity index (χ1v) is 8.08. The molecule has 5 heteroatoms. The van der Waals surface area contributed by atoms with Gasteiger partial charge in [0.15, 0.2) is 5.75 Å². The lowest BCUT2D eigenvalue weighted by atomic mass is 10.2. The van der Waals surface area contributed by atoms with Crippen molar-refractivity contribution in [3.05, 3.63) is 58.3 Å². The van der Waals surface area contributed by atoms with E-state index in [4.69, 9.17) is 9.15 Å². The molecule has 21 heavy (non-hydrogen) atoms. The lowest BCUT2D eigenvalue weighted by molar-refractivity contribution is 0.464. The number of fused-ring (bicyclic) bond motifs is 1. The van der Waals surface area contributed by atoms with Gasteiger partial charge in [-0.1, -0.05) is 34.1 Å². The number of hydrogen-bond acceptors (Lipinski definition) is 3. The third-order valence-corrected chi connectivity index (χ3v) is 4.28. The van der Waals surface area contributed by atoms with Crippen molar-refractivity contribution in [2.75, 3.05) is 0 Å². The van der Waals surface area contributed by atoms with Crippen LogP contribution in [-0.2, 0) is 5.33 Å². The fourth-order valence-corrected chi connectivity index (χ4v) is 2.87. The molecule has 0 saturated heterocycles. The van der Waals surface area contributed by atoms with Crippen molar-refractivity contribution in [2.45, 2.75) is 5.33 Å². The Balaban J connectivity index is 2.08. The highest BCUT2D eigenvalue weighted by Crippen LogP contribution is 2.38. The zero-order valence-corrected chi connectivity index (χ0v) is 13.9. The van der Waals surface area contributed by atoms with Gasteiger partial charge < -0.3 is 9.15 Å². The monoisotopic (exact) mass is 405 g/mol. The number of rotatable bonds is 3. The minimum atomic E-state index is 0.174. The van der Waals surface area contributed by atoms with Crippen molar-refractivity contribution in [3.8, 4) is 17.6 Å². The Morgan fingerprint density at radius 3 is 2.71 bits per heavy atom. The average molecular weight is 407 g/mol. The molecule has 0 radical (unpaired) electrons. The highest BCUT2D eigenvalue weighted by molar-refractivity contribution is 9.10. The summed E-state index contributed by atoms with van der Waals surface area (Å²) in [6.45, 7) is 0. The summed E-state index contributed by atoms with van der Waals surface area (Å²) in [7, 11) is 0. The number of ether oxygens (including phenoxy) is 1. The van der Waals surface area contributed by atoms with E-state index in [1.807, 2.05) is 48.5 Å². The quantitative estimate of drug-likeness (QED) is 0.520. The number of para-hydroxylation sites is 1. The van der Waals surface area contributed by atoms with Crippen LogP contribution in [0.15, 0.2) is 51.4 Å². The maximum absolute atomic E-state index is 9.21. The van der Waals surface area contributed by atoms with Crippen molar-refractivity contribution in [3.63, 3.8) is 0 Å². The van der Waals surface area contributed by atoms with Gasteiger partial charge in [-0.25, -0.2) is 0 Å². The van der Waals surface area contributed by atoms with Gasteiger partial charge >= 0.3 is 0 Å². The van der Waals surface area contributed by atoms with Crippen LogP contribution in [0.2, 0.25) is 0 Å². The summed E-state index contributed by atoms with van der Waals surface area (Å²) in [6, 6.07) is 15.3. The van der Waals surface area contributed by atoms with Gasteiger partial charge in [0.2, 0.25) is 5.76 Å². The summed E-state index contributed by atoms with van der Waals surface area (Å²) in [5.74, 6) is 1.26. The normalized spacial score (nSPS) is 10.5. The smallest absolute Gasteiger partial charge is 0.247 e. The van der Waals surface area contributed by atoms with Crippen molar-refractivity contribution in [2.24, 2.45) is 0 Å². The summed E-state index contributed by atoms with van der Waals surface area (Å²) in [4.78, 5) is 0. The van der Waals surface area contributed by atoms with E-state index < -0.39 is 0 Å². The van der Waals surface area contributed by atoms with E-state index in [2.05, 4.69) is 31.9 Å². The van der Waals surface area contributed by atoms with Crippen LogP contribution in [0.3, 0.4) is 0 Å². The first-order valence-electron chi connectivity index (χ1n) is 6.17. The van der Waals surface area contributed by atoms with Crippen LogP contribution in [0.5, 0.6) is 11.5 Å². The van der Waals surface area contributed by atoms with E-state index in [1.54, 1.807) is 0 Å². The van der Waals surface area contributed by atoms with Gasteiger partial charge in [0.1, 0.15) is 17.4 Å². The highest BCUT2D eigenvalue weighted by Gasteiger charge is 2.17. The van der Waals surface area contributed by atoms with E-state index in [9.17, 15) is 5.26 Å². The molecular formula is C16H9Br2NO2. The molecule has 1 aromatic heterocycles. The molecule has 0 amide bonds. The number of benzene rings is 2. The summed E-state index contributed by atoms with van der Waals surface area (Å²) in [5.41, 5.74) is 1.77. The Labute approximate surface area is 138 Å². The van der Waals surface area contributed by atoms with E-state index in [1.165, 1.54) is 0 Å². The van der Waals surface area contributed by atoms with E-state index in [0.29, 0.717) is 17.1 Å². The third kappa shape index (κ3) is 2.69. The summed E-state index contributed by atoms with van der Waals surface area (Å²) in [5, 5.41) is 10.8. The van der Waals surface area contributed by atoms with Gasteiger partial charge in [-0.15, -0.1) is 0 Å². The van der Waals surface area contributed by atoms with Crippen molar-refractivity contribution in [1.29, 1.82) is 5.26 Å². The second-order valence-electron chi connectivity index (χ2n) is 4.37. The molecule has 0 atom stereocenters. The molecule has 0 saturated carbocycles. The minimum Gasteiger partial charge on any atom is -0.451 e. The van der Waals surface area contributed by atoms with Crippen LogP contribution in [0.25, 0.3) is 11.0 Å². The average Bonchev–Trinajstić information content (AvgIpc) is 2.87. The molecule has 3 nitrogen and oxygen atoms in total. The van der Waals surface area contributed by atoms with Crippen LogP contribution in [0, 0.1) is 11.3 Å². The number of nitriles is 1. The Morgan fingerprint density at radius 2 is 2.00 bits per heavy atom. The molecule has 0 aliphatic rings. The van der Waals surface area contributed by atoms with E-state index in [-0.39, 0.29) is 5.76 Å². The number of halogens is 2. The summed E-state index contributed by atoms with van der Waals surface area (Å²) >= 11 is 6.90. The molecule has 0 aliphatic carbocycles. The first kappa shape index (κ1) is 14.2. The topological polar surface area (TPSA) is 46.2 Å². The fourth-order valence-electron chi connectivity index (χ4n) is 2.02. The van der Waals surface area contributed by atoms with E-state index in [0.717, 1.165) is 20.8 Å². The molecule has 3 rings (SSSR count). The van der Waals surface area contributed by atoms with Crippen molar-refractivity contribution < 1.29 is 9.15 Å². The maximum Gasteiger partial charge on any atom is 0.247 e. The standard InChI is InChI=1S/C16H9Br2NO2/c17-8-10-5-6-14(12(18)7-10)21-16-11-3-1-2-4-13(11)20-15(16)9-19/h1-7H,8H2. The van der Waals surface area contributed by atoms with Gasteiger partial charge in [-0.2, -0.15) is 5.26 Å². The predicted molar refractivity (Wildman–Crippen MR) is 87.8 cm³/mol. The molecule has 3 aromatic rings. The molecule has 0 unspecified atom stereocenters. The van der Waals surface area contributed by atoms with Crippen LogP contribution in [0.4, 0.5) is 0 Å². The zero-order valence-electron chi connectivity index (χ0n) is 10.8. The van der Waals surface area contributed by atoms with Crippen molar-refractivity contribution in [1.82, 2.24) is 0 Å². The molecule has 0 bridgehead atoms. The third-order valence-electron chi connectivity index (χ3n) is 3.01. The Bertz CT molecular complexity index is 849. The maximum atomic E-state index is 9.21. The SMILES string of the molecule is N#Cc1oc2ccccc2c1Oc1ccc(CBr)cc1Br. The van der Waals surface area contributed by atoms with E-state index >= 15 is 0 Å². The number of nitrogens with zero attached hydrogens (tertiary/aromatic N) is 1. The molecule has 0 fully saturated rings. The van der Waals surface area contributed by atoms with Crippen LogP contribution in [-0.4, -0.2) is 0 Å². The van der Waals surface area contributed by atoms with Crippen LogP contribution in [0.1, 0.15) is 11.3 Å². The van der Waals surface area contributed by atoms with Crippen LogP contribution >= 0.6 is 31.9 Å². The number of furan rings is 1. The zero-order chi connectivity index (χ0) is 14.8. The lowest BCUT2D eigenvalue weighted by Crippen LogP contribution is -1.88. The molecule has 104 valence electrons. The Kier molecular flexibility index (Phi) is 4.00. The molecule has 2 aromatic carbocycles. The van der Waals surface area contributed by atoms with Gasteiger partial charge in [0, 0.05) is 5.33 Å². The predicted octanol–water partition coefficient (Wildman–Crippen LogP) is 5.75. The largest absolute Gasteiger partial charge is 0.451 e. The van der Waals surface area contributed by atoms with Crippen molar-refractivity contribution >= 4 is 42.8 Å². The molecule has 0 spiro atoms. The minimum absolute atomic E-state index is 0.174. The second-order valence-corrected chi connectivity index (χ2v) is 5.78. The lowest BCUT2D eigenvalue weighted by Gasteiger charge is -2.07. The van der Waals surface area contributed by atoms with Gasteiger partial charge in [-0.05, 0) is 45.8 Å². The summed E-state index contributed by atoms with van der Waals surface area (Å²) < 4.78 is 12.2. The Morgan fingerprint density at radius 1 is 1.19 bits per heavy atom. The van der Waals surface area contributed by atoms with Gasteiger partial charge in [0.25, 0.3) is 0 Å².